The summed E-state index contributed by atoms with van der Waals surface area (Å²) in [5.41, 5.74) is 1.33. The summed E-state index contributed by atoms with van der Waals surface area (Å²) in [5.74, 6) is 1.72. The van der Waals surface area contributed by atoms with Crippen molar-refractivity contribution in [3.8, 4) is 0 Å². The number of carbonyl (C=O) groups is 2. The van der Waals surface area contributed by atoms with Crippen LogP contribution in [0.1, 0.15) is 30.6 Å². The van der Waals surface area contributed by atoms with Crippen LogP contribution in [-0.2, 0) is 9.59 Å². The SMILES string of the molecule is CSCCC(NC(C)=O)C(=O)N1CCSC(c2ccccc2)CC1. The molecule has 1 aromatic rings. The number of rotatable bonds is 6. The van der Waals surface area contributed by atoms with E-state index in [0.717, 1.165) is 31.0 Å². The van der Waals surface area contributed by atoms with Crippen LogP contribution in [0.3, 0.4) is 0 Å². The second-order valence-electron chi connectivity index (χ2n) is 5.92. The van der Waals surface area contributed by atoms with E-state index in [2.05, 4.69) is 29.6 Å². The number of thioether (sulfide) groups is 2. The lowest BCUT2D eigenvalue weighted by Crippen LogP contribution is -2.49. The lowest BCUT2D eigenvalue weighted by molar-refractivity contribution is -0.135. The molecule has 0 aliphatic carbocycles. The van der Waals surface area contributed by atoms with E-state index in [9.17, 15) is 9.59 Å². The van der Waals surface area contributed by atoms with Gasteiger partial charge in [0.15, 0.2) is 0 Å². The first-order chi connectivity index (χ1) is 11.6. The molecule has 1 aliphatic rings. The molecule has 132 valence electrons. The standard InChI is InChI=1S/C18H26N2O2S2/c1-14(21)19-16(9-12-23-2)18(22)20-10-8-17(24-13-11-20)15-6-4-3-5-7-15/h3-7,16-17H,8-13H2,1-2H3,(H,19,21). The lowest BCUT2D eigenvalue weighted by atomic mass is 10.1. The van der Waals surface area contributed by atoms with Crippen molar-refractivity contribution in [1.82, 2.24) is 10.2 Å². The molecule has 0 aromatic heterocycles. The van der Waals surface area contributed by atoms with Crippen LogP contribution in [0.15, 0.2) is 30.3 Å². The molecule has 1 aromatic carbocycles. The van der Waals surface area contributed by atoms with Crippen molar-refractivity contribution in [2.24, 2.45) is 0 Å². The first-order valence-corrected chi connectivity index (χ1v) is 10.8. The molecule has 1 saturated heterocycles. The Balaban J connectivity index is 1.97. The van der Waals surface area contributed by atoms with Gasteiger partial charge in [-0.15, -0.1) is 0 Å². The molecular weight excluding hydrogens is 340 g/mol. The van der Waals surface area contributed by atoms with Crippen LogP contribution in [0.25, 0.3) is 0 Å². The molecular formula is C18H26N2O2S2. The minimum absolute atomic E-state index is 0.0635. The van der Waals surface area contributed by atoms with Crippen molar-refractivity contribution in [1.29, 1.82) is 0 Å². The maximum Gasteiger partial charge on any atom is 0.245 e. The fourth-order valence-corrected chi connectivity index (χ4v) is 4.59. The van der Waals surface area contributed by atoms with E-state index in [1.807, 2.05) is 29.0 Å². The highest BCUT2D eigenvalue weighted by Gasteiger charge is 2.27. The molecule has 4 nitrogen and oxygen atoms in total. The molecule has 1 heterocycles. The van der Waals surface area contributed by atoms with Crippen molar-refractivity contribution in [2.45, 2.75) is 31.1 Å². The molecule has 0 spiro atoms. The van der Waals surface area contributed by atoms with Gasteiger partial charge in [0.25, 0.3) is 0 Å². The van der Waals surface area contributed by atoms with Gasteiger partial charge in [-0.2, -0.15) is 23.5 Å². The third kappa shape index (κ3) is 5.74. The van der Waals surface area contributed by atoms with E-state index in [4.69, 9.17) is 0 Å². The smallest absolute Gasteiger partial charge is 0.245 e. The minimum atomic E-state index is -0.395. The zero-order valence-electron chi connectivity index (χ0n) is 14.4. The predicted octanol–water partition coefficient (Wildman–Crippen LogP) is 2.95. The van der Waals surface area contributed by atoms with Crippen LogP contribution < -0.4 is 5.32 Å². The zero-order valence-corrected chi connectivity index (χ0v) is 16.0. The molecule has 1 fully saturated rings. The molecule has 1 N–H and O–H groups in total. The first-order valence-electron chi connectivity index (χ1n) is 8.33. The van der Waals surface area contributed by atoms with E-state index in [-0.39, 0.29) is 11.8 Å². The van der Waals surface area contributed by atoms with Gasteiger partial charge in [0.2, 0.25) is 11.8 Å². The Bertz CT molecular complexity index is 539. The van der Waals surface area contributed by atoms with Crippen molar-refractivity contribution in [3.63, 3.8) is 0 Å². The van der Waals surface area contributed by atoms with Crippen LogP contribution in [0.2, 0.25) is 0 Å². The normalized spacial score (nSPS) is 19.4. The Morgan fingerprint density at radius 1 is 1.33 bits per heavy atom. The molecule has 1 aliphatic heterocycles. The maximum absolute atomic E-state index is 12.8. The molecule has 0 saturated carbocycles. The number of amides is 2. The highest BCUT2D eigenvalue weighted by atomic mass is 32.2. The average Bonchev–Trinajstić information content (AvgIpc) is 2.84. The Kier molecular flexibility index (Phi) is 7.99. The largest absolute Gasteiger partial charge is 0.345 e. The molecule has 2 unspecified atom stereocenters. The van der Waals surface area contributed by atoms with Gasteiger partial charge < -0.3 is 10.2 Å². The van der Waals surface area contributed by atoms with Crippen molar-refractivity contribution < 1.29 is 9.59 Å². The van der Waals surface area contributed by atoms with Crippen molar-refractivity contribution in [3.05, 3.63) is 35.9 Å². The number of hydrogen-bond donors (Lipinski definition) is 1. The van der Waals surface area contributed by atoms with E-state index in [1.54, 1.807) is 11.8 Å². The van der Waals surface area contributed by atoms with Crippen LogP contribution in [-0.4, -0.2) is 53.6 Å². The topological polar surface area (TPSA) is 49.4 Å². The van der Waals surface area contributed by atoms with Gasteiger partial charge in [0.05, 0.1) is 0 Å². The third-order valence-electron chi connectivity index (χ3n) is 4.11. The number of nitrogens with one attached hydrogen (secondary N) is 1. The van der Waals surface area contributed by atoms with Crippen LogP contribution >= 0.6 is 23.5 Å². The summed E-state index contributed by atoms with van der Waals surface area (Å²) >= 11 is 3.61. The number of hydrogen-bond acceptors (Lipinski definition) is 4. The Hall–Kier alpha value is -1.14. The highest BCUT2D eigenvalue weighted by Crippen LogP contribution is 2.34. The highest BCUT2D eigenvalue weighted by molar-refractivity contribution is 7.99. The molecule has 2 rings (SSSR count). The van der Waals surface area contributed by atoms with E-state index in [1.165, 1.54) is 12.5 Å². The Morgan fingerprint density at radius 2 is 2.08 bits per heavy atom. The predicted molar refractivity (Wildman–Crippen MR) is 103 cm³/mol. The summed E-state index contributed by atoms with van der Waals surface area (Å²) in [6, 6.07) is 10.1. The van der Waals surface area contributed by atoms with Crippen LogP contribution in [0, 0.1) is 0 Å². The summed E-state index contributed by atoms with van der Waals surface area (Å²) in [6.07, 6.45) is 3.66. The Labute approximate surface area is 153 Å². The van der Waals surface area contributed by atoms with Gasteiger partial charge in [0, 0.05) is 31.0 Å². The number of carbonyl (C=O) groups excluding carboxylic acids is 2. The summed E-state index contributed by atoms with van der Waals surface area (Å²) in [7, 11) is 0. The van der Waals surface area contributed by atoms with Crippen molar-refractivity contribution >= 4 is 35.3 Å². The summed E-state index contributed by atoms with van der Waals surface area (Å²) < 4.78 is 0. The molecule has 2 amide bonds. The maximum atomic E-state index is 12.8. The van der Waals surface area contributed by atoms with E-state index >= 15 is 0 Å². The molecule has 2 atom stereocenters. The lowest BCUT2D eigenvalue weighted by Gasteiger charge is -2.26. The fraction of sp³-hybridized carbons (Fsp3) is 0.556. The molecule has 6 heteroatoms. The van der Waals surface area contributed by atoms with E-state index < -0.39 is 6.04 Å². The second kappa shape index (κ2) is 9.99. The number of benzene rings is 1. The van der Waals surface area contributed by atoms with Gasteiger partial charge in [-0.05, 0) is 30.4 Å². The van der Waals surface area contributed by atoms with Gasteiger partial charge in [-0.1, -0.05) is 30.3 Å². The fourth-order valence-electron chi connectivity index (χ4n) is 2.88. The quantitative estimate of drug-likeness (QED) is 0.841. The van der Waals surface area contributed by atoms with Crippen LogP contribution in [0.4, 0.5) is 0 Å². The minimum Gasteiger partial charge on any atom is -0.345 e. The summed E-state index contributed by atoms with van der Waals surface area (Å²) in [4.78, 5) is 26.2. The Morgan fingerprint density at radius 3 is 2.75 bits per heavy atom. The van der Waals surface area contributed by atoms with Crippen molar-refractivity contribution in [2.75, 3.05) is 30.9 Å². The van der Waals surface area contributed by atoms with Gasteiger partial charge in [-0.3, -0.25) is 9.59 Å². The zero-order chi connectivity index (χ0) is 17.4. The molecule has 0 bridgehead atoms. The summed E-state index contributed by atoms with van der Waals surface area (Å²) in [5, 5.41) is 3.26. The van der Waals surface area contributed by atoms with Gasteiger partial charge in [0.1, 0.15) is 6.04 Å². The average molecular weight is 367 g/mol. The molecule has 24 heavy (non-hydrogen) atoms. The third-order valence-corrected chi connectivity index (χ3v) is 6.08. The first kappa shape index (κ1) is 19.2. The van der Waals surface area contributed by atoms with Crippen LogP contribution in [0.5, 0.6) is 0 Å². The van der Waals surface area contributed by atoms with Gasteiger partial charge >= 0.3 is 0 Å². The molecule has 0 radical (unpaired) electrons. The summed E-state index contributed by atoms with van der Waals surface area (Å²) in [6.45, 7) is 2.98. The second-order valence-corrected chi connectivity index (χ2v) is 8.21. The monoisotopic (exact) mass is 366 g/mol. The van der Waals surface area contributed by atoms with E-state index in [0.29, 0.717) is 11.7 Å². The van der Waals surface area contributed by atoms with Gasteiger partial charge in [-0.25, -0.2) is 0 Å². The number of nitrogens with zero attached hydrogens (tertiary/aromatic N) is 1.